The summed E-state index contributed by atoms with van der Waals surface area (Å²) >= 11 is 31.5. The SMILES string of the molecule is O=CC1(CNc2ccc(Cl)c(C(=O)Nc3ccc(S(=O)C(F)(F)F)cc3)c2)C(c2cc(Cl)cc(Cl)c2)C1(Cl)Cl. The monoisotopic (exact) mass is 656 g/mol. The van der Waals surface area contributed by atoms with Crippen molar-refractivity contribution in [1.82, 2.24) is 0 Å². The van der Waals surface area contributed by atoms with Gasteiger partial charge in [-0.15, -0.1) is 0 Å². The van der Waals surface area contributed by atoms with Gasteiger partial charge < -0.3 is 15.4 Å². The largest absolute Gasteiger partial charge is 0.475 e. The van der Waals surface area contributed by atoms with Crippen molar-refractivity contribution in [2.75, 3.05) is 17.2 Å². The van der Waals surface area contributed by atoms with Crippen molar-refractivity contribution in [3.05, 3.63) is 86.9 Å². The van der Waals surface area contributed by atoms with Crippen molar-refractivity contribution in [3.63, 3.8) is 0 Å². The number of hydrogen-bond donors (Lipinski definition) is 2. The summed E-state index contributed by atoms with van der Waals surface area (Å²) in [5, 5.41) is 6.40. The molecule has 1 saturated carbocycles. The summed E-state index contributed by atoms with van der Waals surface area (Å²) in [6.45, 7) is -0.00119. The standard InChI is InChI=1S/C25H16Cl5F3N2O3S/c26-14-7-13(8-15(27)9-14)21-23(12-36,24(21,29)30)11-34-17-3-6-20(28)19(10-17)22(37)35-16-1-4-18(5-2-16)39(38)25(31,32)33/h1-10,12,21,34H,11H2,(H,35,37). The number of aldehydes is 1. The van der Waals surface area contributed by atoms with Crippen LogP contribution in [-0.4, -0.2) is 32.8 Å². The third-order valence-corrected chi connectivity index (χ3v) is 9.20. The normalized spacial score (nSPS) is 20.7. The van der Waals surface area contributed by atoms with Gasteiger partial charge in [0.1, 0.15) is 10.6 Å². The number of amides is 1. The molecule has 1 amide bonds. The fourth-order valence-corrected chi connectivity index (χ4v) is 6.55. The highest BCUT2D eigenvalue weighted by atomic mass is 35.5. The zero-order valence-electron chi connectivity index (χ0n) is 19.3. The molecule has 39 heavy (non-hydrogen) atoms. The highest BCUT2D eigenvalue weighted by molar-refractivity contribution is 7.86. The summed E-state index contributed by atoms with van der Waals surface area (Å²) < 4.78 is 48.0. The Morgan fingerprint density at radius 2 is 1.54 bits per heavy atom. The zero-order valence-corrected chi connectivity index (χ0v) is 23.9. The smallest absolute Gasteiger partial charge is 0.384 e. The summed E-state index contributed by atoms with van der Waals surface area (Å²) in [5.41, 5.74) is -4.92. The van der Waals surface area contributed by atoms with E-state index in [9.17, 15) is 27.0 Å². The van der Waals surface area contributed by atoms with Gasteiger partial charge in [0.05, 0.1) is 16.0 Å². The Balaban J connectivity index is 1.49. The molecule has 3 unspecified atom stereocenters. The second-order valence-corrected chi connectivity index (χ2v) is 12.8. The minimum Gasteiger partial charge on any atom is -0.384 e. The van der Waals surface area contributed by atoms with Crippen LogP contribution in [0.25, 0.3) is 0 Å². The van der Waals surface area contributed by atoms with Crippen LogP contribution in [0, 0.1) is 5.41 Å². The molecule has 3 aromatic rings. The topological polar surface area (TPSA) is 75.3 Å². The first-order valence-electron chi connectivity index (χ1n) is 10.9. The lowest BCUT2D eigenvalue weighted by Gasteiger charge is -2.15. The average Bonchev–Trinajstić information content (AvgIpc) is 3.36. The highest BCUT2D eigenvalue weighted by Gasteiger charge is 2.76. The van der Waals surface area contributed by atoms with Crippen molar-refractivity contribution >= 4 is 92.4 Å². The van der Waals surface area contributed by atoms with Gasteiger partial charge in [0.25, 0.3) is 5.91 Å². The molecule has 1 fully saturated rings. The first kappa shape index (κ1) is 30.0. The van der Waals surface area contributed by atoms with Gasteiger partial charge in [-0.25, -0.2) is 4.21 Å². The van der Waals surface area contributed by atoms with Gasteiger partial charge in [-0.05, 0) is 66.2 Å². The quantitative estimate of drug-likeness (QED) is 0.190. The number of carbonyl (C=O) groups is 2. The van der Waals surface area contributed by atoms with E-state index < -0.39 is 42.8 Å². The molecule has 0 saturated heterocycles. The third kappa shape index (κ3) is 6.04. The summed E-state index contributed by atoms with van der Waals surface area (Å²) in [6, 6.07) is 13.6. The van der Waals surface area contributed by atoms with E-state index in [0.29, 0.717) is 27.6 Å². The maximum Gasteiger partial charge on any atom is 0.475 e. The summed E-state index contributed by atoms with van der Waals surface area (Å²) in [6.07, 6.45) is 0.665. The van der Waals surface area contributed by atoms with E-state index in [1.165, 1.54) is 30.3 Å². The highest BCUT2D eigenvalue weighted by Crippen LogP contribution is 2.73. The lowest BCUT2D eigenvalue weighted by atomic mass is 10.00. The molecule has 206 valence electrons. The number of alkyl halides is 5. The molecule has 4 rings (SSSR count). The predicted molar refractivity (Wildman–Crippen MR) is 149 cm³/mol. The Hall–Kier alpha value is -2.01. The van der Waals surface area contributed by atoms with Crippen LogP contribution >= 0.6 is 58.0 Å². The van der Waals surface area contributed by atoms with E-state index in [1.54, 1.807) is 18.2 Å². The van der Waals surface area contributed by atoms with Gasteiger partial charge in [-0.1, -0.05) is 58.0 Å². The lowest BCUT2D eigenvalue weighted by Crippen LogP contribution is -2.23. The van der Waals surface area contributed by atoms with E-state index in [4.69, 9.17) is 58.0 Å². The molecule has 3 aromatic carbocycles. The number of rotatable bonds is 8. The van der Waals surface area contributed by atoms with Crippen molar-refractivity contribution in [2.45, 2.75) is 20.7 Å². The molecular formula is C25H16Cl5F3N2O3S. The van der Waals surface area contributed by atoms with Gasteiger partial charge in [-0.2, -0.15) is 13.2 Å². The molecule has 1 aliphatic rings. The molecule has 0 spiro atoms. The number of nitrogens with one attached hydrogen (secondary N) is 2. The molecule has 0 bridgehead atoms. The van der Waals surface area contributed by atoms with Crippen LogP contribution in [0.5, 0.6) is 0 Å². The first-order valence-corrected chi connectivity index (χ1v) is 14.0. The van der Waals surface area contributed by atoms with Crippen LogP contribution in [0.2, 0.25) is 15.1 Å². The minimum atomic E-state index is -4.90. The van der Waals surface area contributed by atoms with Crippen LogP contribution in [0.1, 0.15) is 21.8 Å². The maximum atomic E-state index is 12.9. The van der Waals surface area contributed by atoms with Crippen LogP contribution in [0.15, 0.2) is 65.6 Å². The van der Waals surface area contributed by atoms with Crippen LogP contribution in [-0.2, 0) is 15.6 Å². The number of halogens is 8. The first-order chi connectivity index (χ1) is 18.2. The second kappa shape index (κ2) is 11.1. The van der Waals surface area contributed by atoms with E-state index in [2.05, 4.69) is 10.6 Å². The molecule has 0 heterocycles. The van der Waals surface area contributed by atoms with Gasteiger partial charge >= 0.3 is 5.51 Å². The molecule has 1 aliphatic carbocycles. The van der Waals surface area contributed by atoms with Crippen molar-refractivity contribution in [3.8, 4) is 0 Å². The molecule has 0 aliphatic heterocycles. The van der Waals surface area contributed by atoms with E-state index in [-0.39, 0.29) is 22.8 Å². The Kier molecular flexibility index (Phi) is 8.53. The van der Waals surface area contributed by atoms with Crippen molar-refractivity contribution < 1.29 is 27.0 Å². The summed E-state index contributed by atoms with van der Waals surface area (Å²) in [5.74, 6) is -1.26. The van der Waals surface area contributed by atoms with E-state index in [1.807, 2.05) is 0 Å². The van der Waals surface area contributed by atoms with Crippen molar-refractivity contribution in [2.24, 2.45) is 5.41 Å². The average molecular weight is 659 g/mol. The molecule has 2 N–H and O–H groups in total. The molecule has 5 nitrogen and oxygen atoms in total. The Morgan fingerprint density at radius 3 is 2.10 bits per heavy atom. The number of anilines is 2. The van der Waals surface area contributed by atoms with Crippen LogP contribution < -0.4 is 10.6 Å². The molecule has 3 atom stereocenters. The van der Waals surface area contributed by atoms with Crippen LogP contribution in [0.4, 0.5) is 24.5 Å². The molecule has 14 heteroatoms. The Bertz CT molecular complexity index is 1450. The van der Waals surface area contributed by atoms with Gasteiger partial charge in [0.15, 0.2) is 10.8 Å². The fourth-order valence-electron chi connectivity index (χ4n) is 4.18. The fraction of sp³-hybridized carbons (Fsp3) is 0.200. The third-order valence-electron chi connectivity index (χ3n) is 6.18. The Labute approximate surface area is 248 Å². The molecular weight excluding hydrogens is 643 g/mol. The van der Waals surface area contributed by atoms with E-state index in [0.717, 1.165) is 12.1 Å². The second-order valence-electron chi connectivity index (χ2n) is 8.66. The Morgan fingerprint density at radius 1 is 0.949 bits per heavy atom. The van der Waals surface area contributed by atoms with Crippen molar-refractivity contribution in [1.29, 1.82) is 0 Å². The lowest BCUT2D eigenvalue weighted by molar-refractivity contribution is -0.112. The van der Waals surface area contributed by atoms with E-state index >= 15 is 0 Å². The number of carbonyl (C=O) groups excluding carboxylic acids is 2. The molecule has 0 radical (unpaired) electrons. The van der Waals surface area contributed by atoms with Gasteiger partial charge in [-0.3, -0.25) is 4.79 Å². The minimum absolute atomic E-state index is 0.00119. The van der Waals surface area contributed by atoms with Gasteiger partial charge in [0.2, 0.25) is 0 Å². The van der Waals surface area contributed by atoms with Crippen LogP contribution in [0.3, 0.4) is 0 Å². The summed E-state index contributed by atoms with van der Waals surface area (Å²) in [7, 11) is -3.19. The summed E-state index contributed by atoms with van der Waals surface area (Å²) in [4.78, 5) is 24.6. The number of hydrogen-bond acceptors (Lipinski definition) is 4. The molecule has 0 aromatic heterocycles. The predicted octanol–water partition coefficient (Wildman–Crippen LogP) is 8.10. The zero-order chi connectivity index (χ0) is 28.8. The van der Waals surface area contributed by atoms with Gasteiger partial charge in [0, 0.05) is 38.8 Å². The maximum absolute atomic E-state index is 12.9. The number of benzene rings is 3.